The average Bonchev–Trinajstić information content (AvgIpc) is 2.34. The minimum Gasteiger partial charge on any atom is -0.398 e. The van der Waals surface area contributed by atoms with Gasteiger partial charge in [0, 0.05) is 11.7 Å². The number of hydrogen-bond donors (Lipinski definition) is 2. The number of rotatable bonds is 3. The Labute approximate surface area is 115 Å². The van der Waals surface area contributed by atoms with Gasteiger partial charge in [-0.25, -0.2) is 0 Å². The Hall–Kier alpha value is -1.51. The molecule has 3 heteroatoms. The maximum Gasteiger partial charge on any atom is 0.224 e. The summed E-state index contributed by atoms with van der Waals surface area (Å²) in [4.78, 5) is 12.1. The molecule has 1 aliphatic rings. The van der Waals surface area contributed by atoms with Gasteiger partial charge in [-0.05, 0) is 37.3 Å². The van der Waals surface area contributed by atoms with Crippen LogP contribution in [0.15, 0.2) is 18.2 Å². The molecule has 3 nitrogen and oxygen atoms in total. The number of carbonyl (C=O) groups excluding carboxylic acids is 1. The summed E-state index contributed by atoms with van der Waals surface area (Å²) in [5, 5.41) is 3.15. The Kier molecular flexibility index (Phi) is 4.46. The zero-order valence-electron chi connectivity index (χ0n) is 11.9. The van der Waals surface area contributed by atoms with Gasteiger partial charge in [0.05, 0.1) is 6.42 Å². The van der Waals surface area contributed by atoms with E-state index in [1.807, 2.05) is 25.1 Å². The van der Waals surface area contributed by atoms with Crippen molar-refractivity contribution >= 4 is 11.6 Å². The van der Waals surface area contributed by atoms with Crippen LogP contribution >= 0.6 is 0 Å². The van der Waals surface area contributed by atoms with Gasteiger partial charge in [0.2, 0.25) is 5.91 Å². The highest BCUT2D eigenvalue weighted by Crippen LogP contribution is 2.23. The van der Waals surface area contributed by atoms with Crippen LogP contribution in [-0.4, -0.2) is 11.9 Å². The van der Waals surface area contributed by atoms with Gasteiger partial charge >= 0.3 is 0 Å². The highest BCUT2D eigenvalue weighted by molar-refractivity contribution is 5.80. The van der Waals surface area contributed by atoms with Crippen LogP contribution in [0.4, 0.5) is 5.69 Å². The smallest absolute Gasteiger partial charge is 0.224 e. The van der Waals surface area contributed by atoms with Crippen LogP contribution in [-0.2, 0) is 11.2 Å². The fourth-order valence-corrected chi connectivity index (χ4v) is 2.90. The first-order chi connectivity index (χ1) is 9.04. The number of hydrogen-bond acceptors (Lipinski definition) is 2. The molecule has 104 valence electrons. The fraction of sp³-hybridized carbons (Fsp3) is 0.562. The summed E-state index contributed by atoms with van der Waals surface area (Å²) in [6.45, 7) is 4.28. The molecule has 0 spiro atoms. The first-order valence-corrected chi connectivity index (χ1v) is 7.19. The molecule has 1 aromatic rings. The van der Waals surface area contributed by atoms with Crippen molar-refractivity contribution in [3.05, 3.63) is 29.3 Å². The van der Waals surface area contributed by atoms with Crippen molar-refractivity contribution in [3.8, 4) is 0 Å². The Balaban J connectivity index is 1.92. The number of nitrogens with two attached hydrogens (primary N) is 1. The summed E-state index contributed by atoms with van der Waals surface area (Å²) in [6.07, 6.45) is 5.11. The van der Waals surface area contributed by atoms with Crippen molar-refractivity contribution in [2.45, 2.75) is 52.0 Å². The fourth-order valence-electron chi connectivity index (χ4n) is 2.90. The summed E-state index contributed by atoms with van der Waals surface area (Å²) in [6, 6.07) is 6.20. The highest BCUT2D eigenvalue weighted by Gasteiger charge is 2.20. The summed E-state index contributed by atoms with van der Waals surface area (Å²) >= 11 is 0. The first-order valence-electron chi connectivity index (χ1n) is 7.19. The summed E-state index contributed by atoms with van der Waals surface area (Å²) in [5.74, 6) is 0.819. The summed E-state index contributed by atoms with van der Waals surface area (Å²) in [7, 11) is 0. The van der Waals surface area contributed by atoms with E-state index in [0.717, 1.165) is 29.9 Å². The molecule has 1 saturated carbocycles. The summed E-state index contributed by atoms with van der Waals surface area (Å²) in [5.41, 5.74) is 8.69. The lowest BCUT2D eigenvalue weighted by molar-refractivity contribution is -0.121. The molecule has 1 amide bonds. The second-order valence-electron chi connectivity index (χ2n) is 5.92. The molecule has 0 unspecified atom stereocenters. The Morgan fingerprint density at radius 1 is 1.42 bits per heavy atom. The van der Waals surface area contributed by atoms with Gasteiger partial charge in [-0.1, -0.05) is 37.5 Å². The van der Waals surface area contributed by atoms with Crippen LogP contribution in [0, 0.1) is 12.8 Å². The number of benzene rings is 1. The molecule has 0 heterocycles. The van der Waals surface area contributed by atoms with Crippen LogP contribution in [0.5, 0.6) is 0 Å². The minimum atomic E-state index is 0.0939. The second kappa shape index (κ2) is 6.09. The molecule has 1 aliphatic carbocycles. The molecular weight excluding hydrogens is 236 g/mol. The third-order valence-electron chi connectivity index (χ3n) is 3.95. The van der Waals surface area contributed by atoms with Gasteiger partial charge in [0.15, 0.2) is 0 Å². The van der Waals surface area contributed by atoms with Crippen molar-refractivity contribution in [1.29, 1.82) is 0 Å². The minimum absolute atomic E-state index is 0.0939. The molecule has 0 saturated heterocycles. The molecular formula is C16H24N2O. The molecule has 0 aromatic heterocycles. The molecule has 2 rings (SSSR count). The van der Waals surface area contributed by atoms with E-state index in [1.54, 1.807) is 0 Å². The van der Waals surface area contributed by atoms with E-state index in [9.17, 15) is 4.79 Å². The van der Waals surface area contributed by atoms with Crippen molar-refractivity contribution in [2.75, 3.05) is 5.73 Å². The van der Waals surface area contributed by atoms with E-state index in [1.165, 1.54) is 12.8 Å². The average molecular weight is 260 g/mol. The van der Waals surface area contributed by atoms with Crippen LogP contribution < -0.4 is 11.1 Å². The van der Waals surface area contributed by atoms with Gasteiger partial charge < -0.3 is 11.1 Å². The van der Waals surface area contributed by atoms with Crippen molar-refractivity contribution in [2.24, 2.45) is 5.92 Å². The quantitative estimate of drug-likeness (QED) is 0.821. The highest BCUT2D eigenvalue weighted by atomic mass is 16.1. The Morgan fingerprint density at radius 2 is 2.21 bits per heavy atom. The number of anilines is 1. The number of amides is 1. The number of aryl methyl sites for hydroxylation is 1. The van der Waals surface area contributed by atoms with E-state index in [-0.39, 0.29) is 5.91 Å². The normalized spacial score (nSPS) is 23.1. The molecule has 0 aliphatic heterocycles. The number of carbonyl (C=O) groups is 1. The summed E-state index contributed by atoms with van der Waals surface area (Å²) < 4.78 is 0. The number of nitrogens with one attached hydrogen (secondary N) is 1. The van der Waals surface area contributed by atoms with E-state index >= 15 is 0 Å². The largest absolute Gasteiger partial charge is 0.398 e. The van der Waals surface area contributed by atoms with E-state index in [4.69, 9.17) is 5.73 Å². The maximum absolute atomic E-state index is 12.1. The van der Waals surface area contributed by atoms with Crippen molar-refractivity contribution < 1.29 is 4.79 Å². The lowest BCUT2D eigenvalue weighted by atomic mass is 9.87. The predicted octanol–water partition coefficient (Wildman–Crippen LogP) is 2.81. The first kappa shape index (κ1) is 13.9. The van der Waals surface area contributed by atoms with Crippen LogP contribution in [0.25, 0.3) is 0 Å². The van der Waals surface area contributed by atoms with Gasteiger partial charge in [-0.15, -0.1) is 0 Å². The molecule has 2 atom stereocenters. The topological polar surface area (TPSA) is 55.1 Å². The van der Waals surface area contributed by atoms with Crippen molar-refractivity contribution in [1.82, 2.24) is 5.32 Å². The van der Waals surface area contributed by atoms with Crippen molar-refractivity contribution in [3.63, 3.8) is 0 Å². The molecule has 0 radical (unpaired) electrons. The third-order valence-corrected chi connectivity index (χ3v) is 3.95. The molecule has 3 N–H and O–H groups in total. The lowest BCUT2D eigenvalue weighted by Crippen LogP contribution is -2.38. The number of nitrogen functional groups attached to an aromatic ring is 1. The standard InChI is InChI=1S/C16H24N2O/c1-11-4-3-5-14(9-11)18-16(19)10-13-8-12(2)6-7-15(13)17/h6-8,11,14H,3-5,9-10,17H2,1-2H3,(H,18,19)/t11-,14-/m1/s1. The van der Waals surface area contributed by atoms with Gasteiger partial charge in [-0.2, -0.15) is 0 Å². The zero-order valence-corrected chi connectivity index (χ0v) is 11.9. The van der Waals surface area contributed by atoms with Gasteiger partial charge in [0.1, 0.15) is 0 Å². The van der Waals surface area contributed by atoms with E-state index in [2.05, 4.69) is 12.2 Å². The Morgan fingerprint density at radius 3 is 2.95 bits per heavy atom. The molecule has 0 bridgehead atoms. The lowest BCUT2D eigenvalue weighted by Gasteiger charge is -2.27. The third kappa shape index (κ3) is 3.98. The van der Waals surface area contributed by atoms with E-state index in [0.29, 0.717) is 18.2 Å². The van der Waals surface area contributed by atoms with Gasteiger partial charge in [-0.3, -0.25) is 4.79 Å². The molecule has 19 heavy (non-hydrogen) atoms. The molecule has 1 aromatic carbocycles. The predicted molar refractivity (Wildman–Crippen MR) is 78.9 cm³/mol. The zero-order chi connectivity index (χ0) is 13.8. The van der Waals surface area contributed by atoms with Gasteiger partial charge in [0.25, 0.3) is 0 Å². The SMILES string of the molecule is Cc1ccc(N)c(CC(=O)N[C@@H]2CCC[C@@H](C)C2)c1. The monoisotopic (exact) mass is 260 g/mol. The van der Waals surface area contributed by atoms with Crippen LogP contribution in [0.1, 0.15) is 43.7 Å². The Bertz CT molecular complexity index is 456. The van der Waals surface area contributed by atoms with Crippen LogP contribution in [0.3, 0.4) is 0 Å². The van der Waals surface area contributed by atoms with Crippen LogP contribution in [0.2, 0.25) is 0 Å². The second-order valence-corrected chi connectivity index (χ2v) is 5.92. The maximum atomic E-state index is 12.1. The molecule has 1 fully saturated rings. The van der Waals surface area contributed by atoms with E-state index < -0.39 is 0 Å².